The van der Waals surface area contributed by atoms with Gasteiger partial charge in [0.1, 0.15) is 17.4 Å². The van der Waals surface area contributed by atoms with Crippen LogP contribution in [0.1, 0.15) is 18.6 Å². The van der Waals surface area contributed by atoms with Crippen molar-refractivity contribution in [2.75, 3.05) is 12.4 Å². The number of oxime groups is 1. The van der Waals surface area contributed by atoms with E-state index in [0.29, 0.717) is 18.2 Å². The van der Waals surface area contributed by atoms with Crippen LogP contribution in [0.25, 0.3) is 11.0 Å². The Balaban J connectivity index is 1.47. The maximum absolute atomic E-state index is 13.0. The average Bonchev–Trinajstić information content (AvgIpc) is 3.40. The molecule has 142 valence electrons. The molecule has 1 aromatic carbocycles. The molecule has 3 atom stereocenters. The normalized spacial score (nSPS) is 25.6. The van der Waals surface area contributed by atoms with E-state index in [9.17, 15) is 9.59 Å². The molecular formula is C19H21N3O4S. The summed E-state index contributed by atoms with van der Waals surface area (Å²) < 4.78 is 5.75. The van der Waals surface area contributed by atoms with Crippen molar-refractivity contribution in [2.45, 2.75) is 36.6 Å². The second-order valence-corrected chi connectivity index (χ2v) is 7.94. The number of para-hydroxylation sites is 1. The van der Waals surface area contributed by atoms with Crippen LogP contribution in [0.4, 0.5) is 0 Å². The third-order valence-corrected chi connectivity index (χ3v) is 6.33. The second kappa shape index (κ2) is 7.74. The first kappa shape index (κ1) is 18.1. The van der Waals surface area contributed by atoms with Crippen LogP contribution in [-0.4, -0.2) is 57.8 Å². The molecule has 0 aliphatic carbocycles. The molecule has 2 N–H and O–H groups in total. The van der Waals surface area contributed by atoms with E-state index in [-0.39, 0.29) is 24.2 Å². The number of Topliss-reactive ketones (excluding diaryl/α,β-unsaturated/α-hetero) is 1. The Hall–Kier alpha value is -2.32. The minimum Gasteiger partial charge on any atom is -0.461 e. The van der Waals surface area contributed by atoms with Gasteiger partial charge < -0.3 is 14.5 Å². The zero-order valence-corrected chi connectivity index (χ0v) is 15.5. The number of nitrogens with zero attached hydrogens (tertiary/aromatic N) is 2. The zero-order valence-electron chi connectivity index (χ0n) is 14.7. The summed E-state index contributed by atoms with van der Waals surface area (Å²) in [6, 6.07) is 8.76. The molecule has 2 aliphatic heterocycles. The van der Waals surface area contributed by atoms with Crippen molar-refractivity contribution >= 4 is 40.6 Å². The lowest BCUT2D eigenvalue weighted by Crippen LogP contribution is -2.51. The first-order valence-corrected chi connectivity index (χ1v) is 10.1. The van der Waals surface area contributed by atoms with Gasteiger partial charge in [-0.25, -0.2) is 0 Å². The summed E-state index contributed by atoms with van der Waals surface area (Å²) in [6.45, 7) is 0.614. The summed E-state index contributed by atoms with van der Waals surface area (Å²) in [5.41, 5.74) is 0.758. The predicted octanol–water partition coefficient (Wildman–Crippen LogP) is 2.03. The van der Waals surface area contributed by atoms with Crippen molar-refractivity contribution in [2.24, 2.45) is 5.16 Å². The monoisotopic (exact) mass is 387 g/mol. The molecule has 2 aliphatic rings. The minimum atomic E-state index is -0.556. The van der Waals surface area contributed by atoms with Gasteiger partial charge in [-0.15, -0.1) is 11.8 Å². The van der Waals surface area contributed by atoms with Crippen molar-refractivity contribution in [3.63, 3.8) is 0 Å². The number of hydrogen-bond donors (Lipinski definition) is 2. The molecule has 0 spiro atoms. The number of nitrogens with one attached hydrogen (secondary N) is 1. The Morgan fingerprint density at radius 1 is 1.41 bits per heavy atom. The summed E-state index contributed by atoms with van der Waals surface area (Å²) >= 11 is 1.45. The largest absolute Gasteiger partial charge is 0.461 e. The van der Waals surface area contributed by atoms with Gasteiger partial charge in [0, 0.05) is 17.8 Å². The van der Waals surface area contributed by atoms with Crippen molar-refractivity contribution in [3.8, 4) is 0 Å². The lowest BCUT2D eigenvalue weighted by molar-refractivity contribution is -0.134. The molecule has 1 unspecified atom stereocenters. The van der Waals surface area contributed by atoms with Crippen LogP contribution in [0.5, 0.6) is 0 Å². The molecule has 1 aromatic heterocycles. The molecule has 27 heavy (non-hydrogen) atoms. The first-order valence-electron chi connectivity index (χ1n) is 9.00. The highest BCUT2D eigenvalue weighted by Crippen LogP contribution is 2.28. The van der Waals surface area contributed by atoms with Gasteiger partial charge in [0.15, 0.2) is 5.78 Å². The number of rotatable bonds is 5. The van der Waals surface area contributed by atoms with Crippen LogP contribution in [0, 0.1) is 0 Å². The maximum Gasteiger partial charge on any atom is 0.241 e. The maximum atomic E-state index is 13.0. The van der Waals surface area contributed by atoms with E-state index in [1.54, 1.807) is 4.90 Å². The second-order valence-electron chi connectivity index (χ2n) is 6.81. The zero-order chi connectivity index (χ0) is 18.8. The Morgan fingerprint density at radius 3 is 3.07 bits per heavy atom. The van der Waals surface area contributed by atoms with Gasteiger partial charge in [-0.3, -0.25) is 14.9 Å². The summed E-state index contributed by atoms with van der Waals surface area (Å²) in [4.78, 5) is 27.5. The molecule has 0 bridgehead atoms. The van der Waals surface area contributed by atoms with Crippen molar-refractivity contribution in [1.82, 2.24) is 10.2 Å². The lowest BCUT2D eigenvalue weighted by Gasteiger charge is -2.26. The quantitative estimate of drug-likeness (QED) is 0.463. The van der Waals surface area contributed by atoms with Crippen LogP contribution in [0.15, 0.2) is 39.9 Å². The third kappa shape index (κ3) is 3.59. The van der Waals surface area contributed by atoms with Crippen LogP contribution in [-0.2, 0) is 16.0 Å². The van der Waals surface area contributed by atoms with E-state index in [0.717, 1.165) is 23.8 Å². The van der Waals surface area contributed by atoms with Gasteiger partial charge in [0.25, 0.3) is 0 Å². The number of carbonyl (C=O) groups excluding carboxylic acids is 2. The number of benzene rings is 1. The molecule has 8 heteroatoms. The number of furan rings is 1. The number of amides is 1. The van der Waals surface area contributed by atoms with Gasteiger partial charge in [0.05, 0.1) is 23.9 Å². The molecule has 0 radical (unpaired) electrons. The highest BCUT2D eigenvalue weighted by atomic mass is 32.2. The van der Waals surface area contributed by atoms with E-state index in [4.69, 9.17) is 9.62 Å². The fraction of sp³-hybridized carbons (Fsp3) is 0.421. The molecule has 2 aromatic rings. The van der Waals surface area contributed by atoms with Crippen molar-refractivity contribution in [1.29, 1.82) is 0 Å². The van der Waals surface area contributed by atoms with Crippen LogP contribution in [0.3, 0.4) is 0 Å². The highest BCUT2D eigenvalue weighted by molar-refractivity contribution is 8.00. The summed E-state index contributed by atoms with van der Waals surface area (Å²) in [6.07, 6.45) is 3.19. The van der Waals surface area contributed by atoms with Crippen LogP contribution in [0.2, 0.25) is 0 Å². The molecular weight excluding hydrogens is 366 g/mol. The molecule has 2 fully saturated rings. The van der Waals surface area contributed by atoms with Gasteiger partial charge >= 0.3 is 0 Å². The number of fused-ring (bicyclic) bond motifs is 1. The molecule has 3 heterocycles. The van der Waals surface area contributed by atoms with Gasteiger partial charge in [-0.05, 0) is 25.0 Å². The molecule has 0 saturated carbocycles. The smallest absolute Gasteiger partial charge is 0.241 e. The Kier molecular flexibility index (Phi) is 5.18. The van der Waals surface area contributed by atoms with E-state index in [2.05, 4.69) is 10.5 Å². The average molecular weight is 387 g/mol. The van der Waals surface area contributed by atoms with E-state index in [1.165, 1.54) is 18.0 Å². The number of ketones is 1. The fourth-order valence-corrected chi connectivity index (χ4v) is 4.93. The predicted molar refractivity (Wildman–Crippen MR) is 103 cm³/mol. The number of hydrogen-bond acceptors (Lipinski definition) is 7. The Bertz CT molecular complexity index is 848. The molecule has 1 amide bonds. The van der Waals surface area contributed by atoms with Crippen LogP contribution >= 0.6 is 11.8 Å². The summed E-state index contributed by atoms with van der Waals surface area (Å²) in [7, 11) is 0. The number of carbonyl (C=O) groups is 2. The van der Waals surface area contributed by atoms with Gasteiger partial charge in [-0.2, -0.15) is 0 Å². The van der Waals surface area contributed by atoms with Gasteiger partial charge in [0.2, 0.25) is 5.91 Å². The van der Waals surface area contributed by atoms with Crippen molar-refractivity contribution in [3.05, 3.63) is 36.1 Å². The van der Waals surface area contributed by atoms with Crippen LogP contribution < -0.4 is 5.32 Å². The number of thioether (sulfide) groups is 1. The van der Waals surface area contributed by atoms with Gasteiger partial charge in [-0.1, -0.05) is 23.4 Å². The first-order chi connectivity index (χ1) is 13.2. The lowest BCUT2D eigenvalue weighted by atomic mass is 10.0. The molecule has 2 saturated heterocycles. The van der Waals surface area contributed by atoms with E-state index < -0.39 is 11.3 Å². The topological polar surface area (TPSA) is 95.1 Å². The van der Waals surface area contributed by atoms with Crippen molar-refractivity contribution < 1.29 is 19.2 Å². The highest BCUT2D eigenvalue weighted by Gasteiger charge is 2.42. The minimum absolute atomic E-state index is 0.0195. The van der Waals surface area contributed by atoms with E-state index in [1.807, 2.05) is 30.3 Å². The SMILES string of the molecule is O=C(Cc1cc2ccccc2o1)C1SCN[C@@H]1C(=O)N1CCC[C@H]1C=NO. The summed E-state index contributed by atoms with van der Waals surface area (Å²) in [5, 5.41) is 15.6. The third-order valence-electron chi connectivity index (χ3n) is 5.10. The Morgan fingerprint density at radius 2 is 2.26 bits per heavy atom. The Labute approximate surface area is 160 Å². The molecule has 7 nitrogen and oxygen atoms in total. The summed E-state index contributed by atoms with van der Waals surface area (Å²) in [5.74, 6) is 1.05. The van der Waals surface area contributed by atoms with E-state index >= 15 is 0 Å². The fourth-order valence-electron chi connectivity index (χ4n) is 3.80. The standard InChI is InChI=1S/C19H21N3O4S/c23-15(9-14-8-12-4-1-2-6-16(12)26-14)18-17(20-11-27-18)19(24)22-7-3-5-13(22)10-21-25/h1-2,4,6,8,10,13,17-18,20,25H,3,5,7,9,11H2/t13-,17-,18?/m0/s1. The number of likely N-dealkylation sites (tertiary alicyclic amines) is 1. The molecule has 4 rings (SSSR count).